The molecule has 2 aromatic rings. The number of hydrogen-bond acceptors (Lipinski definition) is 5. The molecule has 2 aromatic carbocycles. The molecule has 1 spiro atoms. The lowest BCUT2D eigenvalue weighted by Gasteiger charge is -2.43. The fraction of sp³-hybridized carbons (Fsp3) is 0.333. The third-order valence-corrected chi connectivity index (χ3v) is 6.68. The molecule has 2 heterocycles. The summed E-state index contributed by atoms with van der Waals surface area (Å²) in [5.74, 6) is 0.331. The van der Waals surface area contributed by atoms with Gasteiger partial charge in [0.25, 0.3) is 10.2 Å². The minimum atomic E-state index is -3.74. The van der Waals surface area contributed by atoms with Crippen LogP contribution in [0.4, 0.5) is 5.69 Å². The predicted octanol–water partition coefficient (Wildman–Crippen LogP) is 2.32. The molecular formula is C21H23N3O5S. The molecule has 1 amide bonds. The van der Waals surface area contributed by atoms with Crippen molar-refractivity contribution in [1.29, 1.82) is 0 Å². The van der Waals surface area contributed by atoms with Crippen LogP contribution in [0.3, 0.4) is 0 Å². The molecule has 158 valence electrons. The molecule has 0 saturated carbocycles. The van der Waals surface area contributed by atoms with E-state index in [1.807, 2.05) is 24.3 Å². The van der Waals surface area contributed by atoms with E-state index < -0.39 is 15.8 Å². The highest BCUT2D eigenvalue weighted by Gasteiger charge is 2.44. The third kappa shape index (κ3) is 4.09. The van der Waals surface area contributed by atoms with Crippen molar-refractivity contribution in [3.8, 4) is 16.9 Å². The number of ketones is 1. The SMILES string of the molecule is CC(=O)Nc1cccc(-c2ccc3c(c2)C(=O)CC2(CCN(S(N)(=O)=O)CC2)O3)c1. The van der Waals surface area contributed by atoms with Crippen LogP contribution in [-0.4, -0.2) is 43.1 Å². The van der Waals surface area contributed by atoms with Crippen molar-refractivity contribution in [3.63, 3.8) is 0 Å². The average molecular weight is 429 g/mol. The number of piperidine rings is 1. The zero-order valence-corrected chi connectivity index (χ0v) is 17.4. The van der Waals surface area contributed by atoms with Crippen molar-refractivity contribution in [1.82, 2.24) is 4.31 Å². The van der Waals surface area contributed by atoms with E-state index in [2.05, 4.69) is 5.32 Å². The molecule has 0 radical (unpaired) electrons. The van der Waals surface area contributed by atoms with Crippen LogP contribution in [0.5, 0.6) is 5.75 Å². The van der Waals surface area contributed by atoms with Gasteiger partial charge in [-0.25, -0.2) is 5.14 Å². The molecule has 0 atom stereocenters. The maximum Gasteiger partial charge on any atom is 0.276 e. The Labute approximate surface area is 175 Å². The van der Waals surface area contributed by atoms with Crippen LogP contribution in [-0.2, 0) is 15.0 Å². The van der Waals surface area contributed by atoms with Gasteiger partial charge in [0, 0.05) is 38.5 Å². The number of nitrogens with two attached hydrogens (primary N) is 1. The van der Waals surface area contributed by atoms with Crippen LogP contribution in [0.1, 0.15) is 36.5 Å². The summed E-state index contributed by atoms with van der Waals surface area (Å²) in [6.07, 6.45) is 1.03. The molecular weight excluding hydrogens is 406 g/mol. The zero-order valence-electron chi connectivity index (χ0n) is 16.6. The van der Waals surface area contributed by atoms with Gasteiger partial charge in [-0.1, -0.05) is 18.2 Å². The number of amides is 1. The molecule has 8 nitrogen and oxygen atoms in total. The van der Waals surface area contributed by atoms with Gasteiger partial charge in [-0.2, -0.15) is 12.7 Å². The number of Topliss-reactive ketones (excluding diaryl/α,β-unsaturated/α-hetero) is 1. The molecule has 9 heteroatoms. The second-order valence-electron chi connectivity index (χ2n) is 7.80. The highest BCUT2D eigenvalue weighted by Crippen LogP contribution is 2.41. The molecule has 0 unspecified atom stereocenters. The normalized spacial score (nSPS) is 18.5. The first kappa shape index (κ1) is 20.5. The second-order valence-corrected chi connectivity index (χ2v) is 9.35. The van der Waals surface area contributed by atoms with Crippen LogP contribution in [0.25, 0.3) is 11.1 Å². The fourth-order valence-corrected chi connectivity index (χ4v) is 4.77. The van der Waals surface area contributed by atoms with Crippen molar-refractivity contribution < 1.29 is 22.7 Å². The Balaban J connectivity index is 1.58. The highest BCUT2D eigenvalue weighted by atomic mass is 32.2. The minimum absolute atomic E-state index is 0.0276. The maximum absolute atomic E-state index is 12.9. The van der Waals surface area contributed by atoms with E-state index in [1.54, 1.807) is 18.2 Å². The van der Waals surface area contributed by atoms with Gasteiger partial charge >= 0.3 is 0 Å². The van der Waals surface area contributed by atoms with Gasteiger partial charge < -0.3 is 10.1 Å². The van der Waals surface area contributed by atoms with Gasteiger partial charge in [-0.15, -0.1) is 0 Å². The first-order chi connectivity index (χ1) is 14.2. The van der Waals surface area contributed by atoms with E-state index >= 15 is 0 Å². The number of nitrogens with zero attached hydrogens (tertiary/aromatic N) is 1. The predicted molar refractivity (Wildman–Crippen MR) is 112 cm³/mol. The van der Waals surface area contributed by atoms with Gasteiger partial charge in [0.1, 0.15) is 11.4 Å². The van der Waals surface area contributed by atoms with Gasteiger partial charge in [0.15, 0.2) is 5.78 Å². The number of carbonyl (C=O) groups is 2. The number of carbonyl (C=O) groups excluding carboxylic acids is 2. The molecule has 0 bridgehead atoms. The number of anilines is 1. The lowest BCUT2D eigenvalue weighted by molar-refractivity contribution is -0.114. The summed E-state index contributed by atoms with van der Waals surface area (Å²) in [6, 6.07) is 12.9. The Hall–Kier alpha value is -2.75. The molecule has 4 rings (SSSR count). The minimum Gasteiger partial charge on any atom is -0.486 e. The lowest BCUT2D eigenvalue weighted by Crippen LogP contribution is -2.53. The van der Waals surface area contributed by atoms with Crippen molar-refractivity contribution in [3.05, 3.63) is 48.0 Å². The van der Waals surface area contributed by atoms with E-state index in [1.165, 1.54) is 11.2 Å². The Morgan fingerprint density at radius 3 is 2.50 bits per heavy atom. The molecule has 1 saturated heterocycles. The number of benzene rings is 2. The molecule has 0 aromatic heterocycles. The molecule has 3 N–H and O–H groups in total. The van der Waals surface area contributed by atoms with E-state index in [0.29, 0.717) is 29.8 Å². The summed E-state index contributed by atoms with van der Waals surface area (Å²) in [5, 5.41) is 7.96. The Morgan fingerprint density at radius 2 is 1.83 bits per heavy atom. The number of nitrogens with one attached hydrogen (secondary N) is 1. The molecule has 2 aliphatic rings. The number of rotatable bonds is 3. The summed E-state index contributed by atoms with van der Waals surface area (Å²) in [6.45, 7) is 1.91. The average Bonchev–Trinajstić information content (AvgIpc) is 2.67. The first-order valence-corrected chi connectivity index (χ1v) is 11.2. The van der Waals surface area contributed by atoms with Crippen LogP contribution in [0.15, 0.2) is 42.5 Å². The number of fused-ring (bicyclic) bond motifs is 1. The third-order valence-electron chi connectivity index (χ3n) is 5.60. The topological polar surface area (TPSA) is 119 Å². The monoisotopic (exact) mass is 429 g/mol. The second kappa shape index (κ2) is 7.50. The maximum atomic E-state index is 12.9. The van der Waals surface area contributed by atoms with Gasteiger partial charge in [0.2, 0.25) is 5.91 Å². The largest absolute Gasteiger partial charge is 0.486 e. The summed E-state index contributed by atoms with van der Waals surface area (Å²) in [7, 11) is -3.74. The van der Waals surface area contributed by atoms with E-state index in [9.17, 15) is 18.0 Å². The van der Waals surface area contributed by atoms with Gasteiger partial charge in [-0.3, -0.25) is 9.59 Å². The number of hydrogen-bond donors (Lipinski definition) is 2. The van der Waals surface area contributed by atoms with Crippen LogP contribution < -0.4 is 15.2 Å². The molecule has 1 fully saturated rings. The van der Waals surface area contributed by atoms with Crippen LogP contribution >= 0.6 is 0 Å². The van der Waals surface area contributed by atoms with Gasteiger partial charge in [-0.05, 0) is 35.4 Å². The molecule has 0 aliphatic carbocycles. The highest BCUT2D eigenvalue weighted by molar-refractivity contribution is 7.86. The van der Waals surface area contributed by atoms with Crippen molar-refractivity contribution in [2.75, 3.05) is 18.4 Å². The quantitative estimate of drug-likeness (QED) is 0.776. The Morgan fingerprint density at radius 1 is 1.13 bits per heavy atom. The van der Waals surface area contributed by atoms with Crippen molar-refractivity contribution in [2.45, 2.75) is 31.8 Å². The summed E-state index contributed by atoms with van der Waals surface area (Å²) in [4.78, 5) is 24.2. The molecule has 30 heavy (non-hydrogen) atoms. The first-order valence-electron chi connectivity index (χ1n) is 9.67. The van der Waals surface area contributed by atoms with E-state index in [4.69, 9.17) is 9.88 Å². The fourth-order valence-electron chi connectivity index (χ4n) is 4.08. The van der Waals surface area contributed by atoms with Crippen LogP contribution in [0, 0.1) is 0 Å². The van der Waals surface area contributed by atoms with Crippen LogP contribution in [0.2, 0.25) is 0 Å². The van der Waals surface area contributed by atoms with Crippen molar-refractivity contribution >= 4 is 27.6 Å². The van der Waals surface area contributed by atoms with E-state index in [0.717, 1.165) is 11.1 Å². The zero-order chi connectivity index (χ0) is 21.5. The summed E-state index contributed by atoms with van der Waals surface area (Å²) in [5.41, 5.74) is 2.22. The standard InChI is InChI=1S/C21H23N3O5S/c1-14(25)23-17-4-2-3-15(11-17)16-5-6-20-18(12-16)19(26)13-21(29-20)7-9-24(10-8-21)30(22,27)28/h2-6,11-12H,7-10,13H2,1H3,(H,23,25)(H2,22,27,28). The Kier molecular flexibility index (Phi) is 5.13. The van der Waals surface area contributed by atoms with E-state index in [-0.39, 0.29) is 31.2 Å². The lowest BCUT2D eigenvalue weighted by atomic mass is 9.82. The smallest absolute Gasteiger partial charge is 0.276 e. The van der Waals surface area contributed by atoms with Crippen molar-refractivity contribution in [2.24, 2.45) is 5.14 Å². The van der Waals surface area contributed by atoms with Gasteiger partial charge in [0.05, 0.1) is 12.0 Å². The summed E-state index contributed by atoms with van der Waals surface area (Å²) < 4.78 is 30.5. The number of ether oxygens (including phenoxy) is 1. The molecule has 2 aliphatic heterocycles. The summed E-state index contributed by atoms with van der Waals surface area (Å²) >= 11 is 0. The Bertz CT molecular complexity index is 1120.